The summed E-state index contributed by atoms with van der Waals surface area (Å²) >= 11 is 0. The van der Waals surface area contributed by atoms with Gasteiger partial charge < -0.3 is 19.4 Å². The van der Waals surface area contributed by atoms with Crippen LogP contribution in [0.2, 0.25) is 0 Å². The van der Waals surface area contributed by atoms with E-state index in [2.05, 4.69) is 14.9 Å². The maximum absolute atomic E-state index is 12.4. The molecule has 22 heavy (non-hydrogen) atoms. The summed E-state index contributed by atoms with van der Waals surface area (Å²) in [4.78, 5) is 37.1. The summed E-state index contributed by atoms with van der Waals surface area (Å²) in [5.41, 5.74) is 0.407. The van der Waals surface area contributed by atoms with Crippen LogP contribution in [-0.4, -0.2) is 84.6 Å². The molecule has 0 aliphatic carbocycles. The lowest BCUT2D eigenvalue weighted by molar-refractivity contribution is -0.118. The average molecular weight is 305 g/mol. The zero-order valence-electron chi connectivity index (χ0n) is 12.3. The molecule has 118 valence electrons. The highest BCUT2D eigenvalue weighted by Gasteiger charge is 2.22. The van der Waals surface area contributed by atoms with E-state index in [-0.39, 0.29) is 5.91 Å². The van der Waals surface area contributed by atoms with Crippen LogP contribution in [0.15, 0.2) is 12.4 Å². The lowest BCUT2D eigenvalue weighted by Gasteiger charge is -2.33. The first kappa shape index (κ1) is 14.7. The topological polar surface area (TPSA) is 78.9 Å². The van der Waals surface area contributed by atoms with Crippen LogP contribution in [0.1, 0.15) is 10.5 Å². The van der Waals surface area contributed by atoms with Gasteiger partial charge in [-0.1, -0.05) is 0 Å². The molecule has 0 unspecified atom stereocenters. The lowest BCUT2D eigenvalue weighted by atomic mass is 10.2. The van der Waals surface area contributed by atoms with Gasteiger partial charge in [0.05, 0.1) is 13.2 Å². The summed E-state index contributed by atoms with van der Waals surface area (Å²) in [7, 11) is 0. The predicted octanol–water partition coefficient (Wildman–Crippen LogP) is -0.773. The lowest BCUT2D eigenvalue weighted by Crippen LogP contribution is -2.46. The van der Waals surface area contributed by atoms with Crippen LogP contribution in [-0.2, 0) is 9.53 Å². The second-order valence-electron chi connectivity index (χ2n) is 5.29. The Bertz CT molecular complexity index is 539. The van der Waals surface area contributed by atoms with Gasteiger partial charge in [0.2, 0.25) is 6.41 Å². The maximum atomic E-state index is 12.4. The van der Waals surface area contributed by atoms with E-state index in [1.807, 2.05) is 0 Å². The van der Waals surface area contributed by atoms with Gasteiger partial charge >= 0.3 is 0 Å². The van der Waals surface area contributed by atoms with Crippen molar-refractivity contribution in [2.45, 2.75) is 0 Å². The normalized spacial score (nSPS) is 19.2. The molecule has 2 aliphatic heterocycles. The third-order valence-electron chi connectivity index (χ3n) is 3.96. The third kappa shape index (κ3) is 3.16. The Balaban J connectivity index is 1.69. The molecule has 8 nitrogen and oxygen atoms in total. The van der Waals surface area contributed by atoms with Crippen LogP contribution in [0.4, 0.5) is 5.82 Å². The molecule has 0 radical (unpaired) electrons. The van der Waals surface area contributed by atoms with Crippen molar-refractivity contribution in [3.8, 4) is 0 Å². The van der Waals surface area contributed by atoms with Gasteiger partial charge in [0.1, 0.15) is 17.8 Å². The van der Waals surface area contributed by atoms with Crippen molar-refractivity contribution in [1.82, 2.24) is 19.8 Å². The number of ether oxygens (including phenoxy) is 1. The number of carbonyl (C=O) groups is 2. The SMILES string of the molecule is O=CN1CCN(c2cc(C(=O)N3CCOCC3)ncn2)CC1. The first-order chi connectivity index (χ1) is 10.8. The summed E-state index contributed by atoms with van der Waals surface area (Å²) in [6.07, 6.45) is 2.29. The van der Waals surface area contributed by atoms with Crippen molar-refractivity contribution in [2.24, 2.45) is 0 Å². The molecule has 8 heteroatoms. The molecule has 0 atom stereocenters. The van der Waals surface area contributed by atoms with E-state index < -0.39 is 0 Å². The fourth-order valence-corrected chi connectivity index (χ4v) is 2.62. The second kappa shape index (κ2) is 6.69. The van der Waals surface area contributed by atoms with Crippen LogP contribution >= 0.6 is 0 Å². The van der Waals surface area contributed by atoms with E-state index in [9.17, 15) is 9.59 Å². The number of piperazine rings is 1. The largest absolute Gasteiger partial charge is 0.378 e. The smallest absolute Gasteiger partial charge is 0.272 e. The van der Waals surface area contributed by atoms with E-state index >= 15 is 0 Å². The Labute approximate surface area is 128 Å². The maximum Gasteiger partial charge on any atom is 0.272 e. The fraction of sp³-hybridized carbons (Fsp3) is 0.571. The van der Waals surface area contributed by atoms with E-state index in [4.69, 9.17) is 4.74 Å². The van der Waals surface area contributed by atoms with Crippen LogP contribution in [0.3, 0.4) is 0 Å². The molecular weight excluding hydrogens is 286 g/mol. The van der Waals surface area contributed by atoms with Crippen molar-refractivity contribution in [3.63, 3.8) is 0 Å². The molecule has 1 aromatic rings. The van der Waals surface area contributed by atoms with Gasteiger partial charge in [0, 0.05) is 45.3 Å². The highest BCUT2D eigenvalue weighted by molar-refractivity contribution is 5.93. The molecule has 0 saturated carbocycles. The number of amides is 2. The van der Waals surface area contributed by atoms with Crippen LogP contribution in [0.25, 0.3) is 0 Å². The zero-order chi connectivity index (χ0) is 15.4. The molecular formula is C14H19N5O3. The second-order valence-corrected chi connectivity index (χ2v) is 5.29. The molecule has 2 aliphatic rings. The highest BCUT2D eigenvalue weighted by Crippen LogP contribution is 2.15. The van der Waals surface area contributed by atoms with Gasteiger partial charge in [0.25, 0.3) is 5.91 Å². The molecule has 1 aromatic heterocycles. The number of nitrogens with zero attached hydrogens (tertiary/aromatic N) is 5. The number of rotatable bonds is 3. The summed E-state index contributed by atoms with van der Waals surface area (Å²) in [5.74, 6) is 0.649. The minimum absolute atomic E-state index is 0.0847. The first-order valence-corrected chi connectivity index (χ1v) is 7.41. The predicted molar refractivity (Wildman–Crippen MR) is 78.6 cm³/mol. The molecule has 0 aromatic carbocycles. The van der Waals surface area contributed by atoms with Crippen molar-refractivity contribution < 1.29 is 14.3 Å². The molecule has 3 rings (SSSR count). The number of carbonyl (C=O) groups excluding carboxylic acids is 2. The summed E-state index contributed by atoms with van der Waals surface area (Å²) < 4.78 is 5.26. The van der Waals surface area contributed by atoms with Crippen molar-refractivity contribution in [2.75, 3.05) is 57.4 Å². The Hall–Kier alpha value is -2.22. The molecule has 2 saturated heterocycles. The van der Waals surface area contributed by atoms with Crippen molar-refractivity contribution in [1.29, 1.82) is 0 Å². The Kier molecular flexibility index (Phi) is 4.47. The van der Waals surface area contributed by atoms with Gasteiger partial charge in [-0.3, -0.25) is 9.59 Å². The van der Waals surface area contributed by atoms with Crippen LogP contribution in [0.5, 0.6) is 0 Å². The Morgan fingerprint density at radius 2 is 1.82 bits per heavy atom. The molecule has 0 spiro atoms. The number of aromatic nitrogens is 2. The molecule has 2 amide bonds. The molecule has 0 bridgehead atoms. The van der Waals surface area contributed by atoms with Gasteiger partial charge in [-0.25, -0.2) is 9.97 Å². The van der Waals surface area contributed by atoms with Crippen LogP contribution < -0.4 is 4.90 Å². The summed E-state index contributed by atoms with van der Waals surface area (Å²) in [6, 6.07) is 1.73. The van der Waals surface area contributed by atoms with E-state index in [0.717, 1.165) is 12.2 Å². The van der Waals surface area contributed by atoms with Gasteiger partial charge in [-0.05, 0) is 0 Å². The first-order valence-electron chi connectivity index (χ1n) is 7.41. The summed E-state index contributed by atoms with van der Waals surface area (Å²) in [6.45, 7) is 5.07. The highest BCUT2D eigenvalue weighted by atomic mass is 16.5. The van der Waals surface area contributed by atoms with Crippen LogP contribution in [0, 0.1) is 0 Å². The fourth-order valence-electron chi connectivity index (χ4n) is 2.62. The van der Waals surface area contributed by atoms with Gasteiger partial charge in [-0.2, -0.15) is 0 Å². The standard InChI is InChI=1S/C14H19N5O3/c20-11-17-1-3-18(4-2-17)13-9-12(15-10-16-13)14(21)19-5-7-22-8-6-19/h9-11H,1-8H2. The van der Waals surface area contributed by atoms with Crippen molar-refractivity contribution in [3.05, 3.63) is 18.1 Å². The molecule has 2 fully saturated rings. The van der Waals surface area contributed by atoms with Gasteiger partial charge in [-0.15, -0.1) is 0 Å². The van der Waals surface area contributed by atoms with E-state index in [1.165, 1.54) is 6.33 Å². The minimum atomic E-state index is -0.0847. The van der Waals surface area contributed by atoms with E-state index in [0.29, 0.717) is 58.2 Å². The van der Waals surface area contributed by atoms with E-state index in [1.54, 1.807) is 15.9 Å². The monoisotopic (exact) mass is 305 g/mol. The third-order valence-corrected chi connectivity index (χ3v) is 3.96. The summed E-state index contributed by atoms with van der Waals surface area (Å²) in [5, 5.41) is 0. The number of morpholine rings is 1. The quantitative estimate of drug-likeness (QED) is 0.682. The molecule has 3 heterocycles. The molecule has 0 N–H and O–H groups in total. The number of anilines is 1. The zero-order valence-corrected chi connectivity index (χ0v) is 12.3. The van der Waals surface area contributed by atoms with Gasteiger partial charge in [0.15, 0.2) is 0 Å². The average Bonchev–Trinajstić information content (AvgIpc) is 2.62. The van der Waals surface area contributed by atoms with Crippen molar-refractivity contribution >= 4 is 18.1 Å². The minimum Gasteiger partial charge on any atom is -0.378 e. The number of hydrogen-bond donors (Lipinski definition) is 0. The Morgan fingerprint density at radius 1 is 1.09 bits per heavy atom. The number of hydrogen-bond acceptors (Lipinski definition) is 6. The Morgan fingerprint density at radius 3 is 2.50 bits per heavy atom.